The predicted octanol–water partition coefficient (Wildman–Crippen LogP) is 5.41. The van der Waals surface area contributed by atoms with Gasteiger partial charge in [-0.15, -0.1) is 0 Å². The van der Waals surface area contributed by atoms with Crippen LogP contribution < -0.4 is 10.1 Å². The van der Waals surface area contributed by atoms with E-state index >= 15 is 0 Å². The SMILES string of the molecule is O=C(CCNc1ccc(Oc2ccc(Cl)cc2)cc1)c1ccco1. The van der Waals surface area contributed by atoms with Gasteiger partial charge in [-0.1, -0.05) is 11.6 Å². The summed E-state index contributed by atoms with van der Waals surface area (Å²) in [6.45, 7) is 0.539. The van der Waals surface area contributed by atoms with Crippen LogP contribution in [0.2, 0.25) is 5.02 Å². The van der Waals surface area contributed by atoms with Gasteiger partial charge in [0.2, 0.25) is 0 Å². The molecule has 24 heavy (non-hydrogen) atoms. The summed E-state index contributed by atoms with van der Waals surface area (Å²) in [4.78, 5) is 11.8. The minimum Gasteiger partial charge on any atom is -0.461 e. The van der Waals surface area contributed by atoms with Crippen molar-refractivity contribution in [2.24, 2.45) is 0 Å². The summed E-state index contributed by atoms with van der Waals surface area (Å²) in [5.41, 5.74) is 0.922. The molecular weight excluding hydrogens is 326 g/mol. The quantitative estimate of drug-likeness (QED) is 0.584. The number of ether oxygens (including phenoxy) is 1. The zero-order valence-electron chi connectivity index (χ0n) is 12.9. The second kappa shape index (κ2) is 7.70. The highest BCUT2D eigenvalue weighted by Crippen LogP contribution is 2.24. The highest BCUT2D eigenvalue weighted by molar-refractivity contribution is 6.30. The van der Waals surface area contributed by atoms with Crippen molar-refractivity contribution in [2.45, 2.75) is 6.42 Å². The first-order valence-corrected chi connectivity index (χ1v) is 7.92. The van der Waals surface area contributed by atoms with Gasteiger partial charge < -0.3 is 14.5 Å². The van der Waals surface area contributed by atoms with Crippen molar-refractivity contribution in [3.63, 3.8) is 0 Å². The minimum atomic E-state index is -0.0183. The molecule has 0 saturated carbocycles. The van der Waals surface area contributed by atoms with Gasteiger partial charge in [-0.2, -0.15) is 0 Å². The second-order valence-corrected chi connectivity index (χ2v) is 5.59. The number of benzene rings is 2. The molecule has 0 spiro atoms. The Hall–Kier alpha value is -2.72. The Morgan fingerprint density at radius 3 is 2.29 bits per heavy atom. The number of ketones is 1. The van der Waals surface area contributed by atoms with Crippen molar-refractivity contribution in [3.05, 3.63) is 77.7 Å². The number of hydrogen-bond donors (Lipinski definition) is 1. The third kappa shape index (κ3) is 4.40. The van der Waals surface area contributed by atoms with Gasteiger partial charge in [0.25, 0.3) is 0 Å². The monoisotopic (exact) mass is 341 g/mol. The number of carbonyl (C=O) groups excluding carboxylic acids is 1. The number of furan rings is 1. The zero-order valence-corrected chi connectivity index (χ0v) is 13.6. The number of halogens is 1. The Morgan fingerprint density at radius 2 is 1.67 bits per heavy atom. The minimum absolute atomic E-state index is 0.0183. The molecule has 0 radical (unpaired) electrons. The second-order valence-electron chi connectivity index (χ2n) is 5.16. The molecule has 2 aromatic carbocycles. The van der Waals surface area contributed by atoms with Crippen molar-refractivity contribution < 1.29 is 13.9 Å². The van der Waals surface area contributed by atoms with Crippen molar-refractivity contribution in [1.82, 2.24) is 0 Å². The molecule has 1 aromatic heterocycles. The largest absolute Gasteiger partial charge is 0.461 e. The van der Waals surface area contributed by atoms with E-state index in [0.29, 0.717) is 23.7 Å². The summed E-state index contributed by atoms with van der Waals surface area (Å²) < 4.78 is 10.8. The topological polar surface area (TPSA) is 51.5 Å². The van der Waals surface area contributed by atoms with Crippen molar-refractivity contribution in [2.75, 3.05) is 11.9 Å². The van der Waals surface area contributed by atoms with Crippen LogP contribution in [0.3, 0.4) is 0 Å². The van der Waals surface area contributed by atoms with Crippen LogP contribution in [0.1, 0.15) is 17.0 Å². The van der Waals surface area contributed by atoms with Gasteiger partial charge in [0.05, 0.1) is 6.26 Å². The van der Waals surface area contributed by atoms with E-state index in [4.69, 9.17) is 20.8 Å². The molecule has 0 amide bonds. The summed E-state index contributed by atoms with van der Waals surface area (Å²) in [6, 6.07) is 18.1. The molecule has 3 rings (SSSR count). The first-order valence-electron chi connectivity index (χ1n) is 7.55. The lowest BCUT2D eigenvalue weighted by Gasteiger charge is -2.08. The molecule has 122 valence electrons. The Morgan fingerprint density at radius 1 is 1.00 bits per heavy atom. The number of Topliss-reactive ketones (excluding diaryl/α,β-unsaturated/α-hetero) is 1. The molecule has 5 heteroatoms. The first-order chi connectivity index (χ1) is 11.7. The van der Waals surface area contributed by atoms with Gasteiger partial charge in [0.15, 0.2) is 11.5 Å². The maximum absolute atomic E-state index is 11.8. The average molecular weight is 342 g/mol. The number of nitrogens with one attached hydrogen (secondary N) is 1. The van der Waals surface area contributed by atoms with Crippen molar-refractivity contribution >= 4 is 23.1 Å². The van der Waals surface area contributed by atoms with E-state index in [1.807, 2.05) is 36.4 Å². The van der Waals surface area contributed by atoms with Gasteiger partial charge in [0, 0.05) is 23.7 Å². The molecule has 0 aliphatic carbocycles. The van der Waals surface area contributed by atoms with Crippen LogP contribution in [0.4, 0.5) is 5.69 Å². The van der Waals surface area contributed by atoms with Crippen LogP contribution in [-0.2, 0) is 0 Å². The third-order valence-corrected chi connectivity index (χ3v) is 3.63. The standard InChI is InChI=1S/C19H16ClNO3/c20-14-3-7-16(8-4-14)24-17-9-5-15(6-10-17)21-12-11-18(22)19-2-1-13-23-19/h1-10,13,21H,11-12H2. The molecule has 0 saturated heterocycles. The van der Waals surface area contributed by atoms with Gasteiger partial charge in [0.1, 0.15) is 11.5 Å². The van der Waals surface area contributed by atoms with Gasteiger partial charge in [-0.3, -0.25) is 4.79 Å². The predicted molar refractivity (Wildman–Crippen MR) is 94.1 cm³/mol. The Balaban J connectivity index is 1.49. The van der Waals surface area contributed by atoms with E-state index < -0.39 is 0 Å². The number of rotatable bonds is 7. The van der Waals surface area contributed by atoms with E-state index in [1.54, 1.807) is 24.3 Å². The summed E-state index contributed by atoms with van der Waals surface area (Å²) in [7, 11) is 0. The van der Waals surface area contributed by atoms with E-state index in [9.17, 15) is 4.79 Å². The van der Waals surface area contributed by atoms with Crippen LogP contribution in [-0.4, -0.2) is 12.3 Å². The molecular formula is C19H16ClNO3. The van der Waals surface area contributed by atoms with Crippen molar-refractivity contribution in [1.29, 1.82) is 0 Å². The van der Waals surface area contributed by atoms with Gasteiger partial charge in [-0.05, 0) is 60.7 Å². The third-order valence-electron chi connectivity index (χ3n) is 3.38. The van der Waals surface area contributed by atoms with Crippen LogP contribution in [0.15, 0.2) is 71.3 Å². The van der Waals surface area contributed by atoms with Gasteiger partial charge in [-0.25, -0.2) is 0 Å². The maximum atomic E-state index is 11.8. The maximum Gasteiger partial charge on any atom is 0.199 e. The lowest BCUT2D eigenvalue weighted by atomic mass is 10.2. The molecule has 1 heterocycles. The van der Waals surface area contributed by atoms with Crippen LogP contribution in [0.5, 0.6) is 11.5 Å². The zero-order chi connectivity index (χ0) is 16.8. The molecule has 1 N–H and O–H groups in total. The number of anilines is 1. The van der Waals surface area contributed by atoms with Crippen LogP contribution in [0, 0.1) is 0 Å². The normalized spacial score (nSPS) is 10.4. The highest BCUT2D eigenvalue weighted by Gasteiger charge is 2.07. The molecule has 0 unspecified atom stereocenters. The smallest absolute Gasteiger partial charge is 0.199 e. The van der Waals surface area contributed by atoms with Crippen LogP contribution in [0.25, 0.3) is 0 Å². The van der Waals surface area contributed by atoms with E-state index in [-0.39, 0.29) is 5.78 Å². The highest BCUT2D eigenvalue weighted by atomic mass is 35.5. The molecule has 0 aliphatic heterocycles. The molecule has 0 fully saturated rings. The summed E-state index contributed by atoms with van der Waals surface area (Å²) >= 11 is 5.85. The Labute approximate surface area is 145 Å². The van der Waals surface area contributed by atoms with E-state index in [0.717, 1.165) is 17.2 Å². The molecule has 4 nitrogen and oxygen atoms in total. The van der Waals surface area contributed by atoms with E-state index in [1.165, 1.54) is 6.26 Å². The van der Waals surface area contributed by atoms with Crippen molar-refractivity contribution in [3.8, 4) is 11.5 Å². The Kier molecular flexibility index (Phi) is 5.18. The number of hydrogen-bond acceptors (Lipinski definition) is 4. The first kappa shape index (κ1) is 16.1. The fourth-order valence-corrected chi connectivity index (χ4v) is 2.29. The fraction of sp³-hybridized carbons (Fsp3) is 0.105. The lowest BCUT2D eigenvalue weighted by Crippen LogP contribution is -2.08. The molecule has 0 aliphatic rings. The molecule has 0 atom stereocenters. The summed E-state index contributed by atoms with van der Waals surface area (Å²) in [5.74, 6) is 1.83. The summed E-state index contributed by atoms with van der Waals surface area (Å²) in [5, 5.41) is 3.87. The lowest BCUT2D eigenvalue weighted by molar-refractivity contribution is 0.0960. The Bertz CT molecular complexity index is 780. The number of carbonyl (C=O) groups is 1. The summed E-state index contributed by atoms with van der Waals surface area (Å²) in [6.07, 6.45) is 1.87. The van der Waals surface area contributed by atoms with Crippen LogP contribution >= 0.6 is 11.6 Å². The fourth-order valence-electron chi connectivity index (χ4n) is 2.16. The van der Waals surface area contributed by atoms with E-state index in [2.05, 4.69) is 5.32 Å². The molecule has 0 bridgehead atoms. The average Bonchev–Trinajstić information content (AvgIpc) is 3.13. The molecule has 3 aromatic rings. The van der Waals surface area contributed by atoms with Gasteiger partial charge >= 0.3 is 0 Å².